The van der Waals surface area contributed by atoms with Crippen LogP contribution in [0.1, 0.15) is 19.8 Å². The third-order valence-corrected chi connectivity index (χ3v) is 4.37. The van der Waals surface area contributed by atoms with Gasteiger partial charge in [0.1, 0.15) is 0 Å². The van der Waals surface area contributed by atoms with Gasteiger partial charge in [-0.05, 0) is 43.4 Å². The Labute approximate surface area is 127 Å². The van der Waals surface area contributed by atoms with E-state index in [1.807, 2.05) is 17.0 Å². The SMILES string of the molecule is CC1CN(C)c2ccccc2N(C(=O)CNCC2CC2)C1. The second-order valence-corrected chi connectivity index (χ2v) is 6.55. The Kier molecular flexibility index (Phi) is 4.15. The average Bonchev–Trinajstić information content (AvgIpc) is 3.28. The van der Waals surface area contributed by atoms with Gasteiger partial charge in [0.2, 0.25) is 5.91 Å². The molecule has 1 amide bonds. The molecule has 4 heteroatoms. The fourth-order valence-electron chi connectivity index (χ4n) is 3.09. The van der Waals surface area contributed by atoms with Gasteiger partial charge in [-0.25, -0.2) is 0 Å². The van der Waals surface area contributed by atoms with Crippen molar-refractivity contribution in [1.82, 2.24) is 5.32 Å². The number of amides is 1. The molecule has 1 saturated carbocycles. The minimum Gasteiger partial charge on any atom is -0.373 e. The highest BCUT2D eigenvalue weighted by atomic mass is 16.2. The highest BCUT2D eigenvalue weighted by Gasteiger charge is 2.27. The number of anilines is 2. The molecule has 1 atom stereocenters. The van der Waals surface area contributed by atoms with Crippen molar-refractivity contribution in [2.75, 3.05) is 43.0 Å². The number of hydrogen-bond acceptors (Lipinski definition) is 3. The Balaban J connectivity index is 1.74. The van der Waals surface area contributed by atoms with E-state index in [9.17, 15) is 4.79 Å². The number of carbonyl (C=O) groups excluding carboxylic acids is 1. The third-order valence-electron chi connectivity index (χ3n) is 4.37. The first-order chi connectivity index (χ1) is 10.1. The summed E-state index contributed by atoms with van der Waals surface area (Å²) in [6, 6.07) is 8.22. The molecule has 1 aromatic rings. The van der Waals surface area contributed by atoms with Crippen LogP contribution in [0, 0.1) is 11.8 Å². The van der Waals surface area contributed by atoms with Crippen LogP contribution < -0.4 is 15.1 Å². The Morgan fingerprint density at radius 2 is 1.95 bits per heavy atom. The predicted molar refractivity (Wildman–Crippen MR) is 86.8 cm³/mol. The van der Waals surface area contributed by atoms with Crippen LogP contribution in [0.25, 0.3) is 0 Å². The monoisotopic (exact) mass is 287 g/mol. The van der Waals surface area contributed by atoms with Crippen LogP contribution in [0.5, 0.6) is 0 Å². The number of nitrogens with zero attached hydrogens (tertiary/aromatic N) is 2. The van der Waals surface area contributed by atoms with Gasteiger partial charge in [-0.1, -0.05) is 19.1 Å². The number of benzene rings is 1. The summed E-state index contributed by atoms with van der Waals surface area (Å²) in [5.74, 6) is 1.46. The van der Waals surface area contributed by atoms with Gasteiger partial charge in [-0.2, -0.15) is 0 Å². The second-order valence-electron chi connectivity index (χ2n) is 6.55. The zero-order chi connectivity index (χ0) is 14.8. The molecule has 1 heterocycles. The van der Waals surface area contributed by atoms with Gasteiger partial charge in [0, 0.05) is 20.1 Å². The van der Waals surface area contributed by atoms with Crippen molar-refractivity contribution in [3.63, 3.8) is 0 Å². The van der Waals surface area contributed by atoms with Gasteiger partial charge >= 0.3 is 0 Å². The first-order valence-corrected chi connectivity index (χ1v) is 7.96. The van der Waals surface area contributed by atoms with Crippen LogP contribution in [0.15, 0.2) is 24.3 Å². The minimum atomic E-state index is 0.185. The van der Waals surface area contributed by atoms with Gasteiger partial charge in [-0.3, -0.25) is 4.79 Å². The predicted octanol–water partition coefficient (Wildman–Crippen LogP) is 2.11. The summed E-state index contributed by atoms with van der Waals surface area (Å²) < 4.78 is 0. The van der Waals surface area contributed by atoms with Crippen LogP contribution in [0.4, 0.5) is 11.4 Å². The van der Waals surface area contributed by atoms with Crippen molar-refractivity contribution in [3.05, 3.63) is 24.3 Å². The van der Waals surface area contributed by atoms with E-state index in [0.29, 0.717) is 12.5 Å². The van der Waals surface area contributed by atoms with E-state index < -0.39 is 0 Å². The Hall–Kier alpha value is -1.55. The maximum absolute atomic E-state index is 12.6. The minimum absolute atomic E-state index is 0.185. The van der Waals surface area contributed by atoms with Gasteiger partial charge < -0.3 is 15.1 Å². The quantitative estimate of drug-likeness (QED) is 0.921. The summed E-state index contributed by atoms with van der Waals surface area (Å²) in [4.78, 5) is 16.8. The Morgan fingerprint density at radius 1 is 1.24 bits per heavy atom. The second kappa shape index (κ2) is 6.06. The van der Waals surface area contributed by atoms with E-state index in [-0.39, 0.29) is 5.91 Å². The van der Waals surface area contributed by atoms with E-state index in [2.05, 4.69) is 36.3 Å². The summed E-state index contributed by atoms with van der Waals surface area (Å²) in [5.41, 5.74) is 2.19. The highest BCUT2D eigenvalue weighted by Crippen LogP contribution is 2.32. The lowest BCUT2D eigenvalue weighted by molar-refractivity contribution is -0.117. The lowest BCUT2D eigenvalue weighted by atomic mass is 10.1. The van der Waals surface area contributed by atoms with E-state index in [1.165, 1.54) is 12.8 Å². The molecule has 1 aliphatic carbocycles. The normalized spacial score (nSPS) is 21.9. The van der Waals surface area contributed by atoms with E-state index in [0.717, 1.165) is 36.9 Å². The average molecular weight is 287 g/mol. The summed E-state index contributed by atoms with van der Waals surface area (Å²) in [5, 5.41) is 3.32. The summed E-state index contributed by atoms with van der Waals surface area (Å²) in [6.45, 7) is 5.42. The van der Waals surface area contributed by atoms with Crippen molar-refractivity contribution in [2.24, 2.45) is 11.8 Å². The number of rotatable bonds is 4. The van der Waals surface area contributed by atoms with Crippen molar-refractivity contribution in [2.45, 2.75) is 19.8 Å². The van der Waals surface area contributed by atoms with Crippen molar-refractivity contribution >= 4 is 17.3 Å². The number of fused-ring (bicyclic) bond motifs is 1. The summed E-state index contributed by atoms with van der Waals surface area (Å²) in [6.07, 6.45) is 2.63. The molecular weight excluding hydrogens is 262 g/mol. The number of nitrogens with one attached hydrogen (secondary N) is 1. The van der Waals surface area contributed by atoms with Crippen LogP contribution >= 0.6 is 0 Å². The van der Waals surface area contributed by atoms with Gasteiger partial charge in [0.05, 0.1) is 17.9 Å². The van der Waals surface area contributed by atoms with E-state index in [4.69, 9.17) is 0 Å². The standard InChI is InChI=1S/C17H25N3O/c1-13-11-19(2)15-5-3-4-6-16(15)20(12-13)17(21)10-18-9-14-7-8-14/h3-6,13-14,18H,7-12H2,1-2H3. The van der Waals surface area contributed by atoms with Crippen LogP contribution in [0.2, 0.25) is 0 Å². The number of carbonyl (C=O) groups is 1. The molecule has 0 radical (unpaired) electrons. The number of hydrogen-bond donors (Lipinski definition) is 1. The van der Waals surface area contributed by atoms with Gasteiger partial charge in [-0.15, -0.1) is 0 Å². The van der Waals surface area contributed by atoms with Crippen LogP contribution in [-0.4, -0.2) is 39.1 Å². The van der Waals surface area contributed by atoms with E-state index in [1.54, 1.807) is 0 Å². The lowest BCUT2D eigenvalue weighted by Gasteiger charge is -2.24. The molecular formula is C17H25N3O. The fraction of sp³-hybridized carbons (Fsp3) is 0.588. The molecule has 3 rings (SSSR count). The fourth-order valence-corrected chi connectivity index (χ4v) is 3.09. The Bertz CT molecular complexity index is 513. The highest BCUT2D eigenvalue weighted by molar-refractivity contribution is 5.98. The summed E-state index contributed by atoms with van der Waals surface area (Å²) >= 11 is 0. The van der Waals surface area contributed by atoms with Crippen molar-refractivity contribution in [3.8, 4) is 0 Å². The molecule has 2 aliphatic rings. The molecule has 1 aromatic carbocycles. The van der Waals surface area contributed by atoms with Crippen LogP contribution in [-0.2, 0) is 4.79 Å². The Morgan fingerprint density at radius 3 is 2.67 bits per heavy atom. The zero-order valence-electron chi connectivity index (χ0n) is 13.0. The lowest BCUT2D eigenvalue weighted by Crippen LogP contribution is -2.41. The maximum Gasteiger partial charge on any atom is 0.241 e. The molecule has 1 unspecified atom stereocenters. The molecule has 0 aromatic heterocycles. The zero-order valence-corrected chi connectivity index (χ0v) is 13.0. The first-order valence-electron chi connectivity index (χ1n) is 7.96. The van der Waals surface area contributed by atoms with Crippen LogP contribution in [0.3, 0.4) is 0 Å². The third kappa shape index (κ3) is 3.38. The molecule has 4 nitrogen and oxygen atoms in total. The molecule has 0 saturated heterocycles. The van der Waals surface area contributed by atoms with E-state index >= 15 is 0 Å². The molecule has 21 heavy (non-hydrogen) atoms. The smallest absolute Gasteiger partial charge is 0.241 e. The molecule has 1 aliphatic heterocycles. The first kappa shape index (κ1) is 14.4. The number of para-hydroxylation sites is 2. The van der Waals surface area contributed by atoms with Gasteiger partial charge in [0.25, 0.3) is 0 Å². The van der Waals surface area contributed by atoms with Crippen molar-refractivity contribution < 1.29 is 4.79 Å². The molecule has 0 spiro atoms. The largest absolute Gasteiger partial charge is 0.373 e. The maximum atomic E-state index is 12.6. The summed E-state index contributed by atoms with van der Waals surface area (Å²) in [7, 11) is 2.11. The molecule has 114 valence electrons. The molecule has 1 N–H and O–H groups in total. The van der Waals surface area contributed by atoms with Crippen molar-refractivity contribution in [1.29, 1.82) is 0 Å². The molecule has 0 bridgehead atoms. The van der Waals surface area contributed by atoms with Gasteiger partial charge in [0.15, 0.2) is 0 Å². The topological polar surface area (TPSA) is 35.6 Å². The molecule has 1 fully saturated rings.